The second kappa shape index (κ2) is 8.12. The predicted octanol–water partition coefficient (Wildman–Crippen LogP) is 1.83. The van der Waals surface area contributed by atoms with Gasteiger partial charge in [-0.1, -0.05) is 26.7 Å². The maximum Gasteiger partial charge on any atom is 0.318 e. The number of unbranched alkanes of at least 4 members (excludes halogenated alkanes) is 1. The number of ether oxygens (including phenoxy) is 1. The van der Waals surface area contributed by atoms with E-state index in [0.717, 1.165) is 19.3 Å². The molecule has 0 heterocycles. The minimum Gasteiger partial charge on any atom is -0.468 e. The first-order valence-corrected chi connectivity index (χ1v) is 5.94. The van der Waals surface area contributed by atoms with Gasteiger partial charge in [0, 0.05) is 5.25 Å². The first-order chi connectivity index (χ1) is 6.65. The van der Waals surface area contributed by atoms with E-state index in [9.17, 15) is 4.79 Å². The topological polar surface area (TPSA) is 46.5 Å². The van der Waals surface area contributed by atoms with Gasteiger partial charge >= 0.3 is 5.97 Å². The first-order valence-electron chi connectivity index (χ1n) is 4.99. The van der Waals surface area contributed by atoms with Crippen LogP contribution < -0.4 is 0 Å². The van der Waals surface area contributed by atoms with E-state index in [1.807, 2.05) is 6.92 Å². The van der Waals surface area contributed by atoms with Crippen molar-refractivity contribution >= 4 is 17.7 Å². The lowest BCUT2D eigenvalue weighted by Gasteiger charge is -2.16. The van der Waals surface area contributed by atoms with Gasteiger partial charge in [0.2, 0.25) is 0 Å². The predicted molar refractivity (Wildman–Crippen MR) is 59.5 cm³/mol. The molecule has 2 unspecified atom stereocenters. The molecule has 2 atom stereocenters. The highest BCUT2D eigenvalue weighted by atomic mass is 32.2. The van der Waals surface area contributed by atoms with Crippen molar-refractivity contribution in [3.05, 3.63) is 0 Å². The van der Waals surface area contributed by atoms with Crippen LogP contribution in [-0.2, 0) is 9.53 Å². The number of hydrogen-bond donors (Lipinski definition) is 1. The Bertz CT molecular complexity index is 161. The summed E-state index contributed by atoms with van der Waals surface area (Å²) in [4.78, 5) is 11.3. The van der Waals surface area contributed by atoms with Crippen molar-refractivity contribution < 1.29 is 14.6 Å². The molecule has 84 valence electrons. The quantitative estimate of drug-likeness (QED) is 0.665. The number of methoxy groups -OCH3 is 1. The molecule has 0 aromatic carbocycles. The summed E-state index contributed by atoms with van der Waals surface area (Å²) in [6, 6.07) is 0. The van der Waals surface area contributed by atoms with Gasteiger partial charge in [-0.2, -0.15) is 0 Å². The standard InChI is InChI=1S/C10H20O3S/c1-4-5-6-9(10(12)13-3)14-8(2)7-11/h8-9,11H,4-7H2,1-3H3. The van der Waals surface area contributed by atoms with Gasteiger partial charge in [-0.25, -0.2) is 0 Å². The number of hydrogen-bond acceptors (Lipinski definition) is 4. The Labute approximate surface area is 90.2 Å². The number of esters is 1. The molecule has 0 aliphatic carbocycles. The monoisotopic (exact) mass is 220 g/mol. The van der Waals surface area contributed by atoms with Crippen molar-refractivity contribution in [2.45, 2.75) is 43.6 Å². The zero-order chi connectivity index (χ0) is 11.0. The maximum absolute atomic E-state index is 11.3. The van der Waals surface area contributed by atoms with E-state index in [2.05, 4.69) is 6.92 Å². The van der Waals surface area contributed by atoms with Gasteiger partial charge in [-0.15, -0.1) is 11.8 Å². The highest BCUT2D eigenvalue weighted by Gasteiger charge is 2.21. The Kier molecular flexibility index (Phi) is 7.99. The lowest BCUT2D eigenvalue weighted by molar-refractivity contribution is -0.140. The highest BCUT2D eigenvalue weighted by molar-refractivity contribution is 8.01. The molecule has 0 saturated carbocycles. The van der Waals surface area contributed by atoms with Crippen LogP contribution in [0.25, 0.3) is 0 Å². The summed E-state index contributed by atoms with van der Waals surface area (Å²) in [5, 5.41) is 8.86. The van der Waals surface area contributed by atoms with Crippen LogP contribution in [0.3, 0.4) is 0 Å². The number of aliphatic hydroxyl groups is 1. The fourth-order valence-electron chi connectivity index (χ4n) is 1.09. The smallest absolute Gasteiger partial charge is 0.318 e. The number of rotatable bonds is 7. The largest absolute Gasteiger partial charge is 0.468 e. The van der Waals surface area contributed by atoms with Crippen molar-refractivity contribution in [3.63, 3.8) is 0 Å². The minimum absolute atomic E-state index is 0.0935. The van der Waals surface area contributed by atoms with Gasteiger partial charge in [0.1, 0.15) is 5.25 Å². The molecule has 0 aliphatic heterocycles. The van der Waals surface area contributed by atoms with Crippen LogP contribution in [0.2, 0.25) is 0 Å². The van der Waals surface area contributed by atoms with E-state index >= 15 is 0 Å². The molecular formula is C10H20O3S. The van der Waals surface area contributed by atoms with Gasteiger partial charge in [0.05, 0.1) is 13.7 Å². The summed E-state index contributed by atoms with van der Waals surface area (Å²) in [6.45, 7) is 4.10. The molecule has 0 rings (SSSR count). The lowest BCUT2D eigenvalue weighted by atomic mass is 10.2. The number of carbonyl (C=O) groups is 1. The van der Waals surface area contributed by atoms with Crippen molar-refractivity contribution in [1.82, 2.24) is 0 Å². The number of carbonyl (C=O) groups excluding carboxylic acids is 1. The zero-order valence-electron chi connectivity index (χ0n) is 9.16. The van der Waals surface area contributed by atoms with E-state index in [1.165, 1.54) is 18.9 Å². The summed E-state index contributed by atoms with van der Waals surface area (Å²) >= 11 is 1.49. The van der Waals surface area contributed by atoms with E-state index in [-0.39, 0.29) is 23.1 Å². The van der Waals surface area contributed by atoms with Gasteiger partial charge in [0.15, 0.2) is 0 Å². The third-order valence-corrected chi connectivity index (χ3v) is 3.31. The average Bonchev–Trinajstić information content (AvgIpc) is 2.22. The van der Waals surface area contributed by atoms with Crippen LogP contribution >= 0.6 is 11.8 Å². The van der Waals surface area contributed by atoms with Gasteiger partial charge in [-0.3, -0.25) is 4.79 Å². The molecule has 14 heavy (non-hydrogen) atoms. The molecule has 0 radical (unpaired) electrons. The van der Waals surface area contributed by atoms with E-state index in [4.69, 9.17) is 9.84 Å². The Morgan fingerprint density at radius 2 is 2.21 bits per heavy atom. The molecule has 0 aromatic rings. The Balaban J connectivity index is 4.03. The molecule has 0 fully saturated rings. The average molecular weight is 220 g/mol. The van der Waals surface area contributed by atoms with Crippen LogP contribution in [0, 0.1) is 0 Å². The normalized spacial score (nSPS) is 14.9. The fraction of sp³-hybridized carbons (Fsp3) is 0.900. The van der Waals surface area contributed by atoms with Gasteiger partial charge in [0.25, 0.3) is 0 Å². The van der Waals surface area contributed by atoms with Crippen LogP contribution in [0.1, 0.15) is 33.1 Å². The zero-order valence-corrected chi connectivity index (χ0v) is 9.97. The molecule has 4 heteroatoms. The second-order valence-electron chi connectivity index (χ2n) is 3.28. The van der Waals surface area contributed by atoms with E-state index in [0.29, 0.717) is 0 Å². The van der Waals surface area contributed by atoms with Crippen molar-refractivity contribution in [3.8, 4) is 0 Å². The van der Waals surface area contributed by atoms with Gasteiger partial charge in [-0.05, 0) is 6.42 Å². The van der Waals surface area contributed by atoms with Crippen LogP contribution in [-0.4, -0.2) is 35.3 Å². The molecule has 0 spiro atoms. The van der Waals surface area contributed by atoms with Crippen molar-refractivity contribution in [2.24, 2.45) is 0 Å². The SMILES string of the molecule is CCCCC(SC(C)CO)C(=O)OC. The first kappa shape index (κ1) is 13.8. The molecule has 3 nitrogen and oxygen atoms in total. The summed E-state index contributed by atoms with van der Waals surface area (Å²) < 4.78 is 4.71. The Hall–Kier alpha value is -0.220. The molecular weight excluding hydrogens is 200 g/mol. The molecule has 1 N–H and O–H groups in total. The second-order valence-corrected chi connectivity index (χ2v) is 4.93. The third-order valence-electron chi connectivity index (χ3n) is 1.94. The fourth-order valence-corrected chi connectivity index (χ4v) is 2.24. The third kappa shape index (κ3) is 5.50. The number of thioether (sulfide) groups is 1. The summed E-state index contributed by atoms with van der Waals surface area (Å²) in [5.74, 6) is -0.177. The highest BCUT2D eigenvalue weighted by Crippen LogP contribution is 2.23. The van der Waals surface area contributed by atoms with E-state index < -0.39 is 0 Å². The van der Waals surface area contributed by atoms with E-state index in [1.54, 1.807) is 0 Å². The maximum atomic E-state index is 11.3. The number of aliphatic hydroxyl groups excluding tert-OH is 1. The molecule has 0 bridgehead atoms. The summed E-state index contributed by atoms with van der Waals surface area (Å²) in [6.07, 6.45) is 2.92. The van der Waals surface area contributed by atoms with Gasteiger partial charge < -0.3 is 9.84 Å². The Morgan fingerprint density at radius 1 is 1.57 bits per heavy atom. The molecule has 0 aromatic heterocycles. The Morgan fingerprint density at radius 3 is 2.64 bits per heavy atom. The lowest BCUT2D eigenvalue weighted by Crippen LogP contribution is -2.22. The van der Waals surface area contributed by atoms with Crippen molar-refractivity contribution in [1.29, 1.82) is 0 Å². The molecule has 0 saturated heterocycles. The molecule has 0 amide bonds. The summed E-state index contributed by atoms with van der Waals surface area (Å²) in [7, 11) is 1.41. The summed E-state index contributed by atoms with van der Waals surface area (Å²) in [5.41, 5.74) is 0. The van der Waals surface area contributed by atoms with Crippen LogP contribution in [0.15, 0.2) is 0 Å². The van der Waals surface area contributed by atoms with Crippen molar-refractivity contribution in [2.75, 3.05) is 13.7 Å². The minimum atomic E-state index is -0.177. The van der Waals surface area contributed by atoms with Crippen LogP contribution in [0.5, 0.6) is 0 Å². The van der Waals surface area contributed by atoms with Crippen LogP contribution in [0.4, 0.5) is 0 Å². The molecule has 0 aliphatic rings.